The maximum atomic E-state index is 9.09. The summed E-state index contributed by atoms with van der Waals surface area (Å²) in [6.07, 6.45) is 7.40. The van der Waals surface area contributed by atoms with E-state index < -0.39 is 0 Å². The molecule has 2 heteroatoms. The molecule has 72 valence electrons. The van der Waals surface area contributed by atoms with E-state index in [2.05, 4.69) is 24.9 Å². The molecule has 0 aromatic carbocycles. The largest absolute Gasteiger partial charge is 0.275 e. The van der Waals surface area contributed by atoms with Gasteiger partial charge in [-0.15, -0.1) is 0 Å². The molecule has 0 saturated heterocycles. The number of aliphatic imine (C=N–C) groups is 1. The standard InChI is InChI=1S/C11H18N2/c1-10(2)8-13-11(9-12)6-4-3-5-7-11/h8,10H,3-7H2,1-2H3. The highest BCUT2D eigenvalue weighted by Gasteiger charge is 2.30. The van der Waals surface area contributed by atoms with Gasteiger partial charge in [0.1, 0.15) is 5.54 Å². The minimum absolute atomic E-state index is 0.372. The van der Waals surface area contributed by atoms with Gasteiger partial charge >= 0.3 is 0 Å². The molecule has 0 aromatic heterocycles. The third-order valence-electron chi connectivity index (χ3n) is 2.51. The molecule has 1 aliphatic rings. The first-order valence-electron chi connectivity index (χ1n) is 5.15. The molecular formula is C11H18N2. The molecule has 0 N–H and O–H groups in total. The van der Waals surface area contributed by atoms with Crippen LogP contribution in [-0.4, -0.2) is 11.8 Å². The van der Waals surface area contributed by atoms with Gasteiger partial charge in [0.25, 0.3) is 0 Å². The molecule has 0 atom stereocenters. The van der Waals surface area contributed by atoms with E-state index in [1.165, 1.54) is 6.42 Å². The van der Waals surface area contributed by atoms with Gasteiger partial charge in [0.05, 0.1) is 6.07 Å². The molecule has 0 radical (unpaired) electrons. The third-order valence-corrected chi connectivity index (χ3v) is 2.51. The minimum atomic E-state index is -0.372. The van der Waals surface area contributed by atoms with Crippen LogP contribution in [-0.2, 0) is 0 Å². The average molecular weight is 178 g/mol. The van der Waals surface area contributed by atoms with Crippen molar-refractivity contribution >= 4 is 6.21 Å². The van der Waals surface area contributed by atoms with Crippen molar-refractivity contribution in [2.45, 2.75) is 51.5 Å². The molecule has 1 aliphatic carbocycles. The third kappa shape index (κ3) is 2.84. The minimum Gasteiger partial charge on any atom is -0.275 e. The normalized spacial score (nSPS) is 22.0. The Hall–Kier alpha value is -0.840. The first-order chi connectivity index (χ1) is 6.18. The molecule has 1 fully saturated rings. The summed E-state index contributed by atoms with van der Waals surface area (Å²) in [5.74, 6) is 0.451. The van der Waals surface area contributed by atoms with E-state index in [0.717, 1.165) is 25.7 Å². The van der Waals surface area contributed by atoms with Crippen LogP contribution < -0.4 is 0 Å². The first kappa shape index (κ1) is 10.2. The zero-order valence-corrected chi connectivity index (χ0v) is 8.58. The lowest BCUT2D eigenvalue weighted by atomic mass is 9.83. The van der Waals surface area contributed by atoms with Crippen LogP contribution in [0.1, 0.15) is 46.0 Å². The van der Waals surface area contributed by atoms with Crippen molar-refractivity contribution in [3.63, 3.8) is 0 Å². The fourth-order valence-corrected chi connectivity index (χ4v) is 1.70. The van der Waals surface area contributed by atoms with Crippen molar-refractivity contribution in [3.05, 3.63) is 0 Å². The molecule has 13 heavy (non-hydrogen) atoms. The summed E-state index contributed by atoms with van der Waals surface area (Å²) in [5, 5.41) is 9.09. The topological polar surface area (TPSA) is 36.1 Å². The van der Waals surface area contributed by atoms with Crippen LogP contribution in [0.3, 0.4) is 0 Å². The number of rotatable bonds is 2. The van der Waals surface area contributed by atoms with E-state index in [-0.39, 0.29) is 5.54 Å². The molecule has 0 aliphatic heterocycles. The Labute approximate surface area is 80.7 Å². The Morgan fingerprint density at radius 1 is 1.31 bits per heavy atom. The maximum absolute atomic E-state index is 9.09. The number of nitrogens with zero attached hydrogens (tertiary/aromatic N) is 2. The fourth-order valence-electron chi connectivity index (χ4n) is 1.70. The summed E-state index contributed by atoms with van der Waals surface area (Å²) in [7, 11) is 0. The Bertz CT molecular complexity index is 217. The molecule has 0 heterocycles. The molecule has 0 aromatic rings. The Morgan fingerprint density at radius 3 is 2.38 bits per heavy atom. The van der Waals surface area contributed by atoms with E-state index in [1.807, 2.05) is 6.21 Å². The van der Waals surface area contributed by atoms with Crippen molar-refractivity contribution in [2.24, 2.45) is 10.9 Å². The Kier molecular flexibility index (Phi) is 3.48. The van der Waals surface area contributed by atoms with Crippen LogP contribution >= 0.6 is 0 Å². The molecule has 1 rings (SSSR count). The second-order valence-electron chi connectivity index (χ2n) is 4.23. The zero-order valence-electron chi connectivity index (χ0n) is 8.58. The number of nitriles is 1. The first-order valence-corrected chi connectivity index (χ1v) is 5.15. The summed E-state index contributed by atoms with van der Waals surface area (Å²) in [6, 6.07) is 2.37. The van der Waals surface area contributed by atoms with Crippen LogP contribution in [0.2, 0.25) is 0 Å². The molecule has 0 spiro atoms. The van der Waals surface area contributed by atoms with Crippen LogP contribution in [0.15, 0.2) is 4.99 Å². The Balaban J connectivity index is 2.64. The predicted molar refractivity (Wildman–Crippen MR) is 54.8 cm³/mol. The lowest BCUT2D eigenvalue weighted by molar-refractivity contribution is 0.369. The van der Waals surface area contributed by atoms with E-state index >= 15 is 0 Å². The number of hydrogen-bond donors (Lipinski definition) is 0. The summed E-state index contributed by atoms with van der Waals surface area (Å²) >= 11 is 0. The summed E-state index contributed by atoms with van der Waals surface area (Å²) in [6.45, 7) is 4.19. The van der Waals surface area contributed by atoms with Crippen molar-refractivity contribution in [1.82, 2.24) is 0 Å². The van der Waals surface area contributed by atoms with Gasteiger partial charge in [-0.1, -0.05) is 20.3 Å². The van der Waals surface area contributed by atoms with Crippen LogP contribution in [0.5, 0.6) is 0 Å². The van der Waals surface area contributed by atoms with Gasteiger partial charge in [0.15, 0.2) is 0 Å². The smallest absolute Gasteiger partial charge is 0.146 e. The van der Waals surface area contributed by atoms with Crippen molar-refractivity contribution in [3.8, 4) is 6.07 Å². The molecule has 1 saturated carbocycles. The fraction of sp³-hybridized carbons (Fsp3) is 0.818. The van der Waals surface area contributed by atoms with E-state index in [0.29, 0.717) is 5.92 Å². The van der Waals surface area contributed by atoms with Gasteiger partial charge in [0, 0.05) is 6.21 Å². The van der Waals surface area contributed by atoms with Crippen LogP contribution in [0.4, 0.5) is 0 Å². The lowest BCUT2D eigenvalue weighted by Crippen LogP contribution is -2.27. The average Bonchev–Trinajstić information content (AvgIpc) is 2.16. The molecule has 0 bridgehead atoms. The van der Waals surface area contributed by atoms with Gasteiger partial charge in [-0.05, 0) is 31.6 Å². The molecule has 2 nitrogen and oxygen atoms in total. The SMILES string of the molecule is CC(C)C=NC1(C#N)CCCCC1. The second kappa shape index (κ2) is 4.41. The predicted octanol–water partition coefficient (Wildman–Crippen LogP) is 2.94. The van der Waals surface area contributed by atoms with Crippen LogP contribution in [0.25, 0.3) is 0 Å². The summed E-state index contributed by atoms with van der Waals surface area (Å²) in [4.78, 5) is 4.45. The van der Waals surface area contributed by atoms with Crippen LogP contribution in [0, 0.1) is 17.2 Å². The zero-order chi connectivity index (χ0) is 9.73. The van der Waals surface area contributed by atoms with Crippen molar-refractivity contribution in [2.75, 3.05) is 0 Å². The molecule has 0 amide bonds. The number of hydrogen-bond acceptors (Lipinski definition) is 2. The van der Waals surface area contributed by atoms with E-state index in [9.17, 15) is 0 Å². The monoisotopic (exact) mass is 178 g/mol. The van der Waals surface area contributed by atoms with Gasteiger partial charge < -0.3 is 0 Å². The molecule has 0 unspecified atom stereocenters. The van der Waals surface area contributed by atoms with Crippen molar-refractivity contribution in [1.29, 1.82) is 5.26 Å². The van der Waals surface area contributed by atoms with Gasteiger partial charge in [-0.3, -0.25) is 4.99 Å². The highest BCUT2D eigenvalue weighted by Crippen LogP contribution is 2.30. The quantitative estimate of drug-likeness (QED) is 0.599. The summed E-state index contributed by atoms with van der Waals surface area (Å²) < 4.78 is 0. The molecular weight excluding hydrogens is 160 g/mol. The lowest BCUT2D eigenvalue weighted by Gasteiger charge is -2.26. The summed E-state index contributed by atoms with van der Waals surface area (Å²) in [5.41, 5.74) is -0.372. The van der Waals surface area contributed by atoms with E-state index in [4.69, 9.17) is 5.26 Å². The maximum Gasteiger partial charge on any atom is 0.146 e. The van der Waals surface area contributed by atoms with Crippen molar-refractivity contribution < 1.29 is 0 Å². The highest BCUT2D eigenvalue weighted by atomic mass is 14.9. The van der Waals surface area contributed by atoms with Gasteiger partial charge in [-0.2, -0.15) is 5.26 Å². The van der Waals surface area contributed by atoms with E-state index in [1.54, 1.807) is 0 Å². The Morgan fingerprint density at radius 2 is 1.92 bits per heavy atom. The second-order valence-corrected chi connectivity index (χ2v) is 4.23. The highest BCUT2D eigenvalue weighted by molar-refractivity contribution is 5.60. The van der Waals surface area contributed by atoms with Gasteiger partial charge in [0.2, 0.25) is 0 Å². The van der Waals surface area contributed by atoms with Gasteiger partial charge in [-0.25, -0.2) is 0 Å².